The third-order valence-corrected chi connectivity index (χ3v) is 1.94. The second-order valence-corrected chi connectivity index (χ2v) is 2.96. The van der Waals surface area contributed by atoms with E-state index in [0.717, 1.165) is 26.1 Å². The van der Waals surface area contributed by atoms with Gasteiger partial charge in [0.15, 0.2) is 0 Å². The largest absolute Gasteiger partial charge is 0.330 e. The van der Waals surface area contributed by atoms with Gasteiger partial charge < -0.3 is 5.73 Å². The summed E-state index contributed by atoms with van der Waals surface area (Å²) in [6.45, 7) is 12.2. The number of nitrogens with zero attached hydrogens (tertiary/aromatic N) is 1. The maximum atomic E-state index is 5.48. The maximum absolute atomic E-state index is 5.48. The lowest BCUT2D eigenvalue weighted by molar-refractivity contribution is 0.247. The fraction of sp³-hybridized carbons (Fsp3) is 0.600. The first kappa shape index (κ1) is 11.4. The van der Waals surface area contributed by atoms with Crippen LogP contribution >= 0.6 is 0 Å². The van der Waals surface area contributed by atoms with Crippen molar-refractivity contribution in [2.45, 2.75) is 19.4 Å². The molecule has 12 heavy (non-hydrogen) atoms. The molecular formula is C10H20N2. The third kappa shape index (κ3) is 4.31. The van der Waals surface area contributed by atoms with E-state index in [4.69, 9.17) is 5.73 Å². The van der Waals surface area contributed by atoms with E-state index in [2.05, 4.69) is 25.0 Å². The molecule has 0 rings (SSSR count). The maximum Gasteiger partial charge on any atom is 0.0166 e. The Hall–Kier alpha value is -0.600. The summed E-state index contributed by atoms with van der Waals surface area (Å²) in [5.74, 6) is 0. The zero-order chi connectivity index (χ0) is 9.40. The number of rotatable bonds is 7. The van der Waals surface area contributed by atoms with Gasteiger partial charge in [-0.25, -0.2) is 0 Å². The van der Waals surface area contributed by atoms with Gasteiger partial charge >= 0.3 is 0 Å². The van der Waals surface area contributed by atoms with Gasteiger partial charge in [0, 0.05) is 19.1 Å². The predicted molar refractivity (Wildman–Crippen MR) is 55.1 cm³/mol. The van der Waals surface area contributed by atoms with Crippen molar-refractivity contribution < 1.29 is 0 Å². The molecule has 0 aliphatic carbocycles. The molecule has 0 spiro atoms. The highest BCUT2D eigenvalue weighted by atomic mass is 15.1. The molecule has 70 valence electrons. The lowest BCUT2D eigenvalue weighted by Crippen LogP contribution is -2.34. The van der Waals surface area contributed by atoms with Crippen molar-refractivity contribution in [3.8, 4) is 0 Å². The second kappa shape index (κ2) is 7.07. The lowest BCUT2D eigenvalue weighted by Gasteiger charge is -2.26. The molecule has 2 nitrogen and oxygen atoms in total. The molecule has 0 amide bonds. The average Bonchev–Trinajstić information content (AvgIpc) is 2.04. The fourth-order valence-corrected chi connectivity index (χ4v) is 1.19. The smallest absolute Gasteiger partial charge is 0.0166 e. The van der Waals surface area contributed by atoms with Crippen molar-refractivity contribution in [3.05, 3.63) is 25.3 Å². The Balaban J connectivity index is 3.88. The summed E-state index contributed by atoms with van der Waals surface area (Å²) >= 11 is 0. The molecule has 0 bridgehead atoms. The molecule has 0 radical (unpaired) electrons. The van der Waals surface area contributed by atoms with Crippen LogP contribution in [0.3, 0.4) is 0 Å². The molecule has 1 atom stereocenters. The summed E-state index contributed by atoms with van der Waals surface area (Å²) in [5.41, 5.74) is 5.48. The zero-order valence-electron chi connectivity index (χ0n) is 8.00. The monoisotopic (exact) mass is 168 g/mol. The number of hydrogen-bond acceptors (Lipinski definition) is 2. The molecular weight excluding hydrogens is 148 g/mol. The number of hydrogen-bond donors (Lipinski definition) is 1. The van der Waals surface area contributed by atoms with E-state index >= 15 is 0 Å². The summed E-state index contributed by atoms with van der Waals surface area (Å²) in [4.78, 5) is 2.30. The molecule has 2 N–H and O–H groups in total. The topological polar surface area (TPSA) is 29.3 Å². The fourth-order valence-electron chi connectivity index (χ4n) is 1.19. The van der Waals surface area contributed by atoms with E-state index in [0.29, 0.717) is 6.04 Å². The average molecular weight is 168 g/mol. The van der Waals surface area contributed by atoms with Crippen LogP contribution in [0.4, 0.5) is 0 Å². The standard InChI is InChI=1S/C10H20N2/c1-4-8-12(9-5-2)10(3)6-7-11/h4-5,10H,1-2,6-9,11H2,3H3. The summed E-state index contributed by atoms with van der Waals surface area (Å²) < 4.78 is 0. The molecule has 0 aromatic rings. The summed E-state index contributed by atoms with van der Waals surface area (Å²) in [6, 6.07) is 0.519. The zero-order valence-corrected chi connectivity index (χ0v) is 8.00. The van der Waals surface area contributed by atoms with Crippen LogP contribution < -0.4 is 5.73 Å². The minimum atomic E-state index is 0.519. The molecule has 0 saturated carbocycles. The minimum Gasteiger partial charge on any atom is -0.330 e. The molecule has 0 saturated heterocycles. The predicted octanol–water partition coefficient (Wildman–Crippen LogP) is 1.40. The molecule has 0 aliphatic rings. The Morgan fingerprint density at radius 1 is 1.33 bits per heavy atom. The molecule has 1 unspecified atom stereocenters. The van der Waals surface area contributed by atoms with E-state index in [1.165, 1.54) is 0 Å². The molecule has 0 fully saturated rings. The highest BCUT2D eigenvalue weighted by Crippen LogP contribution is 2.02. The first-order chi connectivity index (χ1) is 5.76. The number of nitrogens with two attached hydrogens (primary N) is 1. The van der Waals surface area contributed by atoms with Gasteiger partial charge in [-0.15, -0.1) is 13.2 Å². The van der Waals surface area contributed by atoms with Gasteiger partial charge in [0.25, 0.3) is 0 Å². The van der Waals surface area contributed by atoms with Crippen LogP contribution in [0, 0.1) is 0 Å². The van der Waals surface area contributed by atoms with Crippen LogP contribution in [0.5, 0.6) is 0 Å². The Morgan fingerprint density at radius 3 is 2.17 bits per heavy atom. The molecule has 0 aromatic heterocycles. The van der Waals surface area contributed by atoms with Gasteiger partial charge in [-0.1, -0.05) is 12.2 Å². The van der Waals surface area contributed by atoms with E-state index in [1.807, 2.05) is 12.2 Å². The van der Waals surface area contributed by atoms with Crippen molar-refractivity contribution in [2.24, 2.45) is 5.73 Å². The van der Waals surface area contributed by atoms with E-state index < -0.39 is 0 Å². The van der Waals surface area contributed by atoms with Crippen molar-refractivity contribution in [1.82, 2.24) is 4.90 Å². The molecule has 0 aliphatic heterocycles. The first-order valence-electron chi connectivity index (χ1n) is 4.42. The van der Waals surface area contributed by atoms with E-state index in [1.54, 1.807) is 0 Å². The van der Waals surface area contributed by atoms with Gasteiger partial charge in [0.1, 0.15) is 0 Å². The summed E-state index contributed by atoms with van der Waals surface area (Å²) in [6.07, 6.45) is 4.86. The Morgan fingerprint density at radius 2 is 1.83 bits per heavy atom. The lowest BCUT2D eigenvalue weighted by atomic mass is 10.2. The highest BCUT2D eigenvalue weighted by molar-refractivity contribution is 4.82. The van der Waals surface area contributed by atoms with Crippen molar-refractivity contribution >= 4 is 0 Å². The first-order valence-corrected chi connectivity index (χ1v) is 4.42. The van der Waals surface area contributed by atoms with Gasteiger partial charge in [-0.05, 0) is 19.9 Å². The summed E-state index contributed by atoms with van der Waals surface area (Å²) in [7, 11) is 0. The van der Waals surface area contributed by atoms with Gasteiger partial charge in [0.05, 0.1) is 0 Å². The second-order valence-electron chi connectivity index (χ2n) is 2.96. The van der Waals surface area contributed by atoms with Crippen LogP contribution in [0.25, 0.3) is 0 Å². The molecule has 0 heterocycles. The van der Waals surface area contributed by atoms with E-state index in [-0.39, 0.29) is 0 Å². The van der Waals surface area contributed by atoms with Crippen LogP contribution in [-0.2, 0) is 0 Å². The van der Waals surface area contributed by atoms with E-state index in [9.17, 15) is 0 Å². The Labute approximate surface area is 75.7 Å². The Kier molecular flexibility index (Phi) is 6.72. The van der Waals surface area contributed by atoms with Crippen LogP contribution in [0.2, 0.25) is 0 Å². The summed E-state index contributed by atoms with van der Waals surface area (Å²) in [5, 5.41) is 0. The highest BCUT2D eigenvalue weighted by Gasteiger charge is 2.08. The SMILES string of the molecule is C=CCN(CC=C)C(C)CCN. The van der Waals surface area contributed by atoms with Crippen molar-refractivity contribution in [1.29, 1.82) is 0 Å². The normalized spacial score (nSPS) is 12.9. The quantitative estimate of drug-likeness (QED) is 0.582. The molecule has 2 heteroatoms. The van der Waals surface area contributed by atoms with Crippen molar-refractivity contribution in [3.63, 3.8) is 0 Å². The van der Waals surface area contributed by atoms with Gasteiger partial charge in [0.2, 0.25) is 0 Å². The van der Waals surface area contributed by atoms with Crippen molar-refractivity contribution in [2.75, 3.05) is 19.6 Å². The Bertz CT molecular complexity index is 122. The van der Waals surface area contributed by atoms with Crippen LogP contribution in [-0.4, -0.2) is 30.6 Å². The van der Waals surface area contributed by atoms with Gasteiger partial charge in [-0.2, -0.15) is 0 Å². The van der Waals surface area contributed by atoms with Crippen LogP contribution in [0.15, 0.2) is 25.3 Å². The van der Waals surface area contributed by atoms with Gasteiger partial charge in [-0.3, -0.25) is 4.90 Å². The molecule has 0 aromatic carbocycles. The van der Waals surface area contributed by atoms with Crippen LogP contribution in [0.1, 0.15) is 13.3 Å². The third-order valence-electron chi connectivity index (χ3n) is 1.94. The minimum absolute atomic E-state index is 0.519.